The molecule has 2 heterocycles. The lowest BCUT2D eigenvalue weighted by Gasteiger charge is -2.38. The molecule has 0 amide bonds. The lowest BCUT2D eigenvalue weighted by molar-refractivity contribution is 0.212. The average molecular weight is 361 g/mol. The molecular weight excluding hydrogens is 334 g/mol. The summed E-state index contributed by atoms with van der Waals surface area (Å²) in [4.78, 5) is 5.14. The molecule has 0 aromatic heterocycles. The van der Waals surface area contributed by atoms with Gasteiger partial charge in [-0.05, 0) is 61.1 Å². The first-order valence-corrected chi connectivity index (χ1v) is 9.92. The first-order chi connectivity index (χ1) is 13.3. The van der Waals surface area contributed by atoms with Crippen LogP contribution in [0.2, 0.25) is 0 Å². The molecule has 2 aliphatic heterocycles. The van der Waals surface area contributed by atoms with E-state index < -0.39 is 0 Å². The molecular formula is C23H27N3O. The molecule has 0 radical (unpaired) electrons. The second-order valence-electron chi connectivity index (χ2n) is 7.53. The second kappa shape index (κ2) is 8.02. The third kappa shape index (κ3) is 3.79. The molecule has 4 nitrogen and oxygen atoms in total. The van der Waals surface area contributed by atoms with Gasteiger partial charge in [-0.25, -0.2) is 0 Å². The summed E-state index contributed by atoms with van der Waals surface area (Å²) in [5.74, 6) is 0.921. The maximum Gasteiger partial charge on any atom is 0.118 e. The molecule has 0 spiro atoms. The summed E-state index contributed by atoms with van der Waals surface area (Å²) in [7, 11) is 1.71. The van der Waals surface area contributed by atoms with Crippen molar-refractivity contribution >= 4 is 5.69 Å². The van der Waals surface area contributed by atoms with E-state index in [1.165, 1.54) is 29.7 Å². The number of benzene rings is 2. The van der Waals surface area contributed by atoms with E-state index in [0.29, 0.717) is 6.04 Å². The molecule has 27 heavy (non-hydrogen) atoms. The molecule has 4 rings (SSSR count). The fourth-order valence-corrected chi connectivity index (χ4v) is 4.48. The van der Waals surface area contributed by atoms with Crippen molar-refractivity contribution < 1.29 is 4.74 Å². The van der Waals surface area contributed by atoms with Gasteiger partial charge in [-0.3, -0.25) is 0 Å². The van der Waals surface area contributed by atoms with Crippen LogP contribution in [-0.4, -0.2) is 44.2 Å². The molecule has 1 saturated heterocycles. The van der Waals surface area contributed by atoms with Crippen molar-refractivity contribution in [1.29, 1.82) is 5.26 Å². The van der Waals surface area contributed by atoms with Crippen LogP contribution in [0.5, 0.6) is 5.75 Å². The van der Waals surface area contributed by atoms with Crippen molar-refractivity contribution in [2.45, 2.75) is 31.7 Å². The number of fused-ring (bicyclic) bond motifs is 1. The molecule has 140 valence electrons. The molecule has 2 aliphatic rings. The minimum atomic E-state index is 0.609. The van der Waals surface area contributed by atoms with Crippen LogP contribution < -0.4 is 9.64 Å². The van der Waals surface area contributed by atoms with Gasteiger partial charge in [-0.15, -0.1) is 0 Å². The van der Waals surface area contributed by atoms with Crippen LogP contribution in [0.25, 0.3) is 0 Å². The van der Waals surface area contributed by atoms with Crippen molar-refractivity contribution in [3.63, 3.8) is 0 Å². The van der Waals surface area contributed by atoms with Crippen LogP contribution in [0.4, 0.5) is 5.69 Å². The summed E-state index contributed by atoms with van der Waals surface area (Å²) in [5.41, 5.74) is 4.77. The predicted octanol–water partition coefficient (Wildman–Crippen LogP) is 3.64. The Morgan fingerprint density at radius 1 is 1.07 bits per heavy atom. The van der Waals surface area contributed by atoms with Gasteiger partial charge in [0.15, 0.2) is 0 Å². The van der Waals surface area contributed by atoms with Gasteiger partial charge in [0.25, 0.3) is 0 Å². The van der Waals surface area contributed by atoms with Crippen LogP contribution in [0, 0.1) is 11.3 Å². The number of rotatable bonds is 5. The highest BCUT2D eigenvalue weighted by atomic mass is 16.5. The number of nitrogens with zero attached hydrogens (tertiary/aromatic N) is 3. The molecule has 2 aromatic carbocycles. The molecule has 4 heteroatoms. The van der Waals surface area contributed by atoms with Crippen molar-refractivity contribution in [3.05, 3.63) is 59.2 Å². The quantitative estimate of drug-likeness (QED) is 0.815. The Morgan fingerprint density at radius 3 is 2.56 bits per heavy atom. The highest BCUT2D eigenvalue weighted by molar-refractivity contribution is 5.64. The topological polar surface area (TPSA) is 39.5 Å². The smallest absolute Gasteiger partial charge is 0.118 e. The summed E-state index contributed by atoms with van der Waals surface area (Å²) in [6.07, 6.45) is 4.52. The number of likely N-dealkylation sites (tertiary alicyclic amines) is 1. The van der Waals surface area contributed by atoms with Crippen LogP contribution in [-0.2, 0) is 12.8 Å². The lowest BCUT2D eigenvalue weighted by Crippen LogP contribution is -2.44. The van der Waals surface area contributed by atoms with Gasteiger partial charge in [0.2, 0.25) is 0 Å². The number of hydrogen-bond acceptors (Lipinski definition) is 4. The summed E-state index contributed by atoms with van der Waals surface area (Å²) >= 11 is 0. The predicted molar refractivity (Wildman–Crippen MR) is 108 cm³/mol. The molecule has 1 fully saturated rings. The zero-order valence-corrected chi connectivity index (χ0v) is 16.0. The van der Waals surface area contributed by atoms with E-state index in [0.717, 1.165) is 50.3 Å². The van der Waals surface area contributed by atoms with Gasteiger partial charge < -0.3 is 14.5 Å². The first kappa shape index (κ1) is 17.9. The molecule has 2 aromatic rings. The minimum absolute atomic E-state index is 0.609. The third-order valence-corrected chi connectivity index (χ3v) is 6.06. The molecule has 0 unspecified atom stereocenters. The second-order valence-corrected chi connectivity index (χ2v) is 7.53. The molecule has 0 N–H and O–H groups in total. The summed E-state index contributed by atoms with van der Waals surface area (Å²) < 4.78 is 5.23. The normalized spacial score (nSPS) is 17.6. The maximum absolute atomic E-state index is 9.33. The van der Waals surface area contributed by atoms with Gasteiger partial charge >= 0.3 is 0 Å². The Morgan fingerprint density at radius 2 is 1.85 bits per heavy atom. The van der Waals surface area contributed by atoms with Gasteiger partial charge in [-0.2, -0.15) is 5.26 Å². The molecule has 0 aliphatic carbocycles. The van der Waals surface area contributed by atoms with E-state index in [-0.39, 0.29) is 0 Å². The summed E-state index contributed by atoms with van der Waals surface area (Å²) in [5, 5.41) is 9.33. The van der Waals surface area contributed by atoms with Crippen LogP contribution in [0.15, 0.2) is 42.5 Å². The highest BCUT2D eigenvalue weighted by Crippen LogP contribution is 2.34. The first-order valence-electron chi connectivity index (χ1n) is 9.92. The van der Waals surface area contributed by atoms with Crippen LogP contribution in [0.3, 0.4) is 0 Å². The lowest BCUT2D eigenvalue weighted by atomic mass is 10.0. The number of hydrogen-bond donors (Lipinski definition) is 0. The summed E-state index contributed by atoms with van der Waals surface area (Å²) in [6.45, 7) is 4.49. The number of nitriles is 1. The van der Waals surface area contributed by atoms with Gasteiger partial charge in [-0.1, -0.05) is 18.2 Å². The largest absolute Gasteiger partial charge is 0.497 e. The van der Waals surface area contributed by atoms with E-state index in [9.17, 15) is 5.26 Å². The Labute approximate surface area is 162 Å². The van der Waals surface area contributed by atoms with Crippen molar-refractivity contribution in [2.24, 2.45) is 0 Å². The number of methoxy groups -OCH3 is 1. The summed E-state index contributed by atoms with van der Waals surface area (Å²) in [6, 6.07) is 17.6. The number of anilines is 1. The Bertz CT molecular complexity index is 817. The van der Waals surface area contributed by atoms with Gasteiger partial charge in [0, 0.05) is 37.9 Å². The van der Waals surface area contributed by atoms with E-state index in [1.807, 2.05) is 24.3 Å². The third-order valence-electron chi connectivity index (χ3n) is 6.06. The SMILES string of the molecule is COc1ccc(CCN2CCC(N3CCc4c(C#N)cccc43)CC2)cc1. The number of piperidine rings is 1. The number of ether oxygens (including phenoxy) is 1. The van der Waals surface area contributed by atoms with Crippen molar-refractivity contribution in [2.75, 3.05) is 38.2 Å². The van der Waals surface area contributed by atoms with E-state index >= 15 is 0 Å². The Kier molecular flexibility index (Phi) is 5.31. The molecule has 0 saturated carbocycles. The van der Waals surface area contributed by atoms with Gasteiger partial charge in [0.1, 0.15) is 5.75 Å². The minimum Gasteiger partial charge on any atom is -0.497 e. The van der Waals surface area contributed by atoms with E-state index in [2.05, 4.69) is 34.1 Å². The van der Waals surface area contributed by atoms with Crippen LogP contribution >= 0.6 is 0 Å². The standard InChI is InChI=1S/C23H27N3O/c1-27-21-7-5-18(6-8-21)9-13-25-14-10-20(11-15-25)26-16-12-22-19(17-24)3-2-4-23(22)26/h2-8,20H,9-16H2,1H3. The van der Waals surface area contributed by atoms with Crippen LogP contribution in [0.1, 0.15) is 29.5 Å². The maximum atomic E-state index is 9.33. The Balaban J connectivity index is 1.30. The zero-order valence-electron chi connectivity index (χ0n) is 16.0. The van der Waals surface area contributed by atoms with E-state index in [1.54, 1.807) is 7.11 Å². The molecule has 0 atom stereocenters. The fraction of sp³-hybridized carbons (Fsp3) is 0.435. The van der Waals surface area contributed by atoms with Gasteiger partial charge in [0.05, 0.1) is 18.7 Å². The monoisotopic (exact) mass is 361 g/mol. The fourth-order valence-electron chi connectivity index (χ4n) is 4.48. The zero-order chi connectivity index (χ0) is 18.6. The molecule has 0 bridgehead atoms. The highest BCUT2D eigenvalue weighted by Gasteiger charge is 2.30. The average Bonchev–Trinajstić information content (AvgIpc) is 3.17. The van der Waals surface area contributed by atoms with Crippen molar-refractivity contribution in [3.8, 4) is 11.8 Å². The van der Waals surface area contributed by atoms with Crippen molar-refractivity contribution in [1.82, 2.24) is 4.90 Å². The Hall–Kier alpha value is -2.51. The van der Waals surface area contributed by atoms with E-state index in [4.69, 9.17) is 4.74 Å².